The largest absolute Gasteiger partial charge is 0.495 e. The van der Waals surface area contributed by atoms with Gasteiger partial charge in [0.25, 0.3) is 0 Å². The number of benzene rings is 1. The molecule has 0 spiro atoms. The summed E-state index contributed by atoms with van der Waals surface area (Å²) in [5.74, 6) is 0.545. The number of hydrogen-bond acceptors (Lipinski definition) is 4. The van der Waals surface area contributed by atoms with Crippen LogP contribution in [0.2, 0.25) is 5.02 Å². The summed E-state index contributed by atoms with van der Waals surface area (Å²) in [6.45, 7) is 4.81. The molecule has 2 rings (SSSR count). The molecule has 0 bridgehead atoms. The van der Waals surface area contributed by atoms with E-state index >= 15 is 0 Å². The minimum absolute atomic E-state index is 0.0393. The highest BCUT2D eigenvalue weighted by atomic mass is 35.5. The van der Waals surface area contributed by atoms with Crippen LogP contribution in [-0.4, -0.2) is 49.3 Å². The van der Waals surface area contributed by atoms with Crippen molar-refractivity contribution in [2.75, 3.05) is 38.7 Å². The van der Waals surface area contributed by atoms with Crippen LogP contribution in [0.3, 0.4) is 0 Å². The van der Waals surface area contributed by atoms with Crippen LogP contribution in [0.15, 0.2) is 18.2 Å². The fourth-order valence-corrected chi connectivity index (χ4v) is 3.23. The van der Waals surface area contributed by atoms with E-state index in [-0.39, 0.29) is 17.9 Å². The Balaban J connectivity index is 1.82. The zero-order valence-corrected chi connectivity index (χ0v) is 14.5. The molecule has 1 aromatic carbocycles. The topological polar surface area (TPSA) is 61.8 Å². The highest BCUT2D eigenvalue weighted by Gasteiger charge is 2.30. The molecule has 0 saturated carbocycles. The Kier molecular flexibility index (Phi) is 6.27. The summed E-state index contributed by atoms with van der Waals surface area (Å²) in [6.07, 6.45) is 2.52. The van der Waals surface area contributed by atoms with Gasteiger partial charge in [-0.05, 0) is 37.6 Å². The number of nitrogens with one attached hydrogen (secondary N) is 1. The van der Waals surface area contributed by atoms with Gasteiger partial charge in [-0.2, -0.15) is 0 Å². The third-order valence-electron chi connectivity index (χ3n) is 4.33. The number of piperidine rings is 1. The average Bonchev–Trinajstić information content (AvgIpc) is 2.53. The number of halogens is 1. The van der Waals surface area contributed by atoms with Gasteiger partial charge in [-0.3, -0.25) is 4.79 Å². The number of hydrogen-bond donors (Lipinski definition) is 2. The Morgan fingerprint density at radius 3 is 2.96 bits per heavy atom. The average molecular weight is 341 g/mol. The lowest BCUT2D eigenvalue weighted by Crippen LogP contribution is -2.44. The van der Waals surface area contributed by atoms with E-state index in [0.717, 1.165) is 25.9 Å². The van der Waals surface area contributed by atoms with E-state index in [0.29, 0.717) is 29.4 Å². The van der Waals surface area contributed by atoms with Crippen LogP contribution in [-0.2, 0) is 4.79 Å². The molecular formula is C17H25ClN2O3. The smallest absolute Gasteiger partial charge is 0.225 e. The summed E-state index contributed by atoms with van der Waals surface area (Å²) < 4.78 is 5.09. The number of likely N-dealkylation sites (tertiary alicyclic amines) is 1. The lowest BCUT2D eigenvalue weighted by atomic mass is 9.83. The van der Waals surface area contributed by atoms with Crippen molar-refractivity contribution in [3.8, 4) is 5.75 Å². The van der Waals surface area contributed by atoms with E-state index in [9.17, 15) is 9.90 Å². The molecule has 6 heteroatoms. The second-order valence-corrected chi connectivity index (χ2v) is 6.90. The third-order valence-corrected chi connectivity index (χ3v) is 4.63. The molecule has 1 heterocycles. The van der Waals surface area contributed by atoms with Crippen LogP contribution in [0.1, 0.15) is 26.2 Å². The van der Waals surface area contributed by atoms with E-state index in [2.05, 4.69) is 17.1 Å². The van der Waals surface area contributed by atoms with Crippen molar-refractivity contribution in [1.82, 2.24) is 4.90 Å². The predicted octanol–water partition coefficient (Wildman–Crippen LogP) is 2.77. The summed E-state index contributed by atoms with van der Waals surface area (Å²) in [5.41, 5.74) is 0.623. The molecule has 0 radical (unpaired) electrons. The van der Waals surface area contributed by atoms with Gasteiger partial charge in [0.1, 0.15) is 5.75 Å². The van der Waals surface area contributed by atoms with Gasteiger partial charge >= 0.3 is 0 Å². The minimum atomic E-state index is -0.0434. The highest BCUT2D eigenvalue weighted by molar-refractivity contribution is 6.32. The predicted molar refractivity (Wildman–Crippen MR) is 92.1 cm³/mol. The number of rotatable bonds is 6. The molecule has 1 amide bonds. The summed E-state index contributed by atoms with van der Waals surface area (Å²) in [7, 11) is 1.55. The number of aliphatic hydroxyl groups excluding tert-OH is 1. The molecule has 1 saturated heterocycles. The maximum Gasteiger partial charge on any atom is 0.225 e. The fraction of sp³-hybridized carbons (Fsp3) is 0.588. The van der Waals surface area contributed by atoms with Gasteiger partial charge < -0.3 is 20.1 Å². The molecule has 128 valence electrons. The standard InChI is InChI=1S/C17H25ClN2O3/c1-17(12-21)7-3-8-20(11-17)9-6-16(22)19-13-4-5-15(23-2)14(18)10-13/h4-5,10,21H,3,6-9,11-12H2,1-2H3,(H,19,22). The molecule has 1 unspecified atom stereocenters. The monoisotopic (exact) mass is 340 g/mol. The van der Waals surface area contributed by atoms with Crippen molar-refractivity contribution in [2.24, 2.45) is 5.41 Å². The van der Waals surface area contributed by atoms with E-state index in [1.807, 2.05) is 0 Å². The van der Waals surface area contributed by atoms with Crippen molar-refractivity contribution in [3.63, 3.8) is 0 Å². The first-order valence-electron chi connectivity index (χ1n) is 7.92. The lowest BCUT2D eigenvalue weighted by Gasteiger charge is -2.39. The number of methoxy groups -OCH3 is 1. The molecule has 1 fully saturated rings. The van der Waals surface area contributed by atoms with Gasteiger partial charge in [0, 0.05) is 37.2 Å². The number of carbonyl (C=O) groups excluding carboxylic acids is 1. The molecule has 23 heavy (non-hydrogen) atoms. The van der Waals surface area contributed by atoms with Crippen molar-refractivity contribution in [3.05, 3.63) is 23.2 Å². The molecule has 1 aliphatic rings. The van der Waals surface area contributed by atoms with Gasteiger partial charge in [-0.15, -0.1) is 0 Å². The Morgan fingerprint density at radius 1 is 1.52 bits per heavy atom. The van der Waals surface area contributed by atoms with E-state index in [1.54, 1.807) is 25.3 Å². The van der Waals surface area contributed by atoms with Gasteiger partial charge in [0.15, 0.2) is 0 Å². The van der Waals surface area contributed by atoms with Crippen LogP contribution in [0, 0.1) is 5.41 Å². The van der Waals surface area contributed by atoms with Gasteiger partial charge in [-0.25, -0.2) is 0 Å². The van der Waals surface area contributed by atoms with Gasteiger partial charge in [0.2, 0.25) is 5.91 Å². The summed E-state index contributed by atoms with van der Waals surface area (Å²) in [5, 5.41) is 12.8. The maximum atomic E-state index is 12.1. The van der Waals surface area contributed by atoms with Crippen LogP contribution in [0.4, 0.5) is 5.69 Å². The summed E-state index contributed by atoms with van der Waals surface area (Å²) in [4.78, 5) is 14.3. The fourth-order valence-electron chi connectivity index (χ4n) is 2.97. The zero-order chi connectivity index (χ0) is 16.9. The second kappa shape index (κ2) is 7.99. The number of ether oxygens (including phenoxy) is 1. The van der Waals surface area contributed by atoms with Crippen LogP contribution >= 0.6 is 11.6 Å². The Labute approximate surface area is 142 Å². The molecule has 1 atom stereocenters. The first-order valence-corrected chi connectivity index (χ1v) is 8.30. The molecule has 1 aliphatic heterocycles. The Hall–Kier alpha value is -1.30. The van der Waals surface area contributed by atoms with Crippen LogP contribution in [0.25, 0.3) is 0 Å². The molecule has 1 aromatic rings. The number of amides is 1. The van der Waals surface area contributed by atoms with Crippen molar-refractivity contribution in [2.45, 2.75) is 26.2 Å². The first kappa shape index (κ1) is 18.0. The van der Waals surface area contributed by atoms with Crippen molar-refractivity contribution >= 4 is 23.2 Å². The molecule has 0 aromatic heterocycles. The van der Waals surface area contributed by atoms with Crippen LogP contribution in [0.5, 0.6) is 5.75 Å². The van der Waals surface area contributed by atoms with E-state index in [1.165, 1.54) is 0 Å². The highest BCUT2D eigenvalue weighted by Crippen LogP contribution is 2.29. The van der Waals surface area contributed by atoms with Gasteiger partial charge in [-0.1, -0.05) is 18.5 Å². The molecule has 2 N–H and O–H groups in total. The van der Waals surface area contributed by atoms with Crippen molar-refractivity contribution in [1.29, 1.82) is 0 Å². The molecule has 0 aliphatic carbocycles. The second-order valence-electron chi connectivity index (χ2n) is 6.50. The van der Waals surface area contributed by atoms with Crippen molar-refractivity contribution < 1.29 is 14.6 Å². The third kappa shape index (κ3) is 5.09. The Bertz CT molecular complexity index is 553. The first-order chi connectivity index (χ1) is 11.0. The van der Waals surface area contributed by atoms with E-state index < -0.39 is 0 Å². The Morgan fingerprint density at radius 2 is 2.30 bits per heavy atom. The van der Waals surface area contributed by atoms with Gasteiger partial charge in [0.05, 0.1) is 12.1 Å². The quantitative estimate of drug-likeness (QED) is 0.836. The minimum Gasteiger partial charge on any atom is -0.495 e. The maximum absolute atomic E-state index is 12.1. The summed E-state index contributed by atoms with van der Waals surface area (Å²) >= 11 is 6.05. The number of nitrogens with zero attached hydrogens (tertiary/aromatic N) is 1. The number of anilines is 1. The summed E-state index contributed by atoms with van der Waals surface area (Å²) in [6, 6.07) is 5.18. The van der Waals surface area contributed by atoms with Crippen LogP contribution < -0.4 is 10.1 Å². The SMILES string of the molecule is COc1ccc(NC(=O)CCN2CCCC(C)(CO)C2)cc1Cl. The number of carbonyl (C=O) groups is 1. The number of aliphatic hydroxyl groups is 1. The van der Waals surface area contributed by atoms with E-state index in [4.69, 9.17) is 16.3 Å². The molecular weight excluding hydrogens is 316 g/mol. The lowest BCUT2D eigenvalue weighted by molar-refractivity contribution is -0.116. The molecule has 5 nitrogen and oxygen atoms in total. The normalized spacial score (nSPS) is 21.9. The zero-order valence-electron chi connectivity index (χ0n) is 13.8.